The summed E-state index contributed by atoms with van der Waals surface area (Å²) in [6, 6.07) is 5.36. The zero-order valence-electron chi connectivity index (χ0n) is 43.4. The highest BCUT2D eigenvalue weighted by molar-refractivity contribution is 9.10. The van der Waals surface area contributed by atoms with E-state index in [0.29, 0.717) is 65.9 Å². The van der Waals surface area contributed by atoms with Crippen LogP contribution in [0.25, 0.3) is 22.5 Å². The molecule has 26 heteroatoms. The molecule has 5 aromatic rings. The largest absolute Gasteiger partial charge is 0.394 e. The number of ketones is 3. The van der Waals surface area contributed by atoms with E-state index in [4.69, 9.17) is 72.6 Å². The van der Waals surface area contributed by atoms with Gasteiger partial charge in [-0.2, -0.15) is 0 Å². The Kier molecular flexibility index (Phi) is 18.5. The molecule has 82 heavy (non-hydrogen) atoms. The van der Waals surface area contributed by atoms with Crippen molar-refractivity contribution in [3.8, 4) is 22.5 Å². The fraction of sp³-hybridized carbons (Fsp3) is 0.464. The Hall–Kier alpha value is -5.33. The highest BCUT2D eigenvalue weighted by Gasteiger charge is 2.48. The molecule has 3 atom stereocenters. The number of aromatic nitrogens is 5. The summed E-state index contributed by atoms with van der Waals surface area (Å²) in [6.45, 7) is 1.67. The average Bonchev–Trinajstić information content (AvgIpc) is 2.28. The maximum atomic E-state index is 12.6. The van der Waals surface area contributed by atoms with E-state index >= 15 is 0 Å². The number of amides is 4. The zero-order chi connectivity index (χ0) is 57.6. The SMILES string of the molecule is C.O=C1CC(=O)NC(CO)(CCl)C1.O=C1CC(=O)NC2(COC2)C1.O=C1NC(CO)(CCl)Cc2[nH]c3c(c21)CCc1cnc(Cl)cc1-3.O=C1NC2(COC2)Cc2[nH]c3c(c21)CCc1cnc(Cl)cc1-3.O=C1c2cc(Cl)ncc2CCC1Br. The van der Waals surface area contributed by atoms with Crippen LogP contribution in [0.4, 0.5) is 0 Å². The van der Waals surface area contributed by atoms with Gasteiger partial charge in [0.25, 0.3) is 11.8 Å². The molecule has 3 unspecified atom stereocenters. The van der Waals surface area contributed by atoms with Gasteiger partial charge in [0.1, 0.15) is 27.0 Å². The van der Waals surface area contributed by atoms with Crippen LogP contribution in [-0.4, -0.2) is 154 Å². The number of nitrogens with one attached hydrogen (secondary N) is 6. The summed E-state index contributed by atoms with van der Waals surface area (Å²) in [4.78, 5) is 99.6. The molecule has 3 aliphatic carbocycles. The number of hydrogen-bond donors (Lipinski definition) is 8. The van der Waals surface area contributed by atoms with Gasteiger partial charge in [-0.15, -0.1) is 23.2 Å². The number of ether oxygens (including phenoxy) is 2. The van der Waals surface area contributed by atoms with Crippen molar-refractivity contribution in [3.63, 3.8) is 0 Å². The van der Waals surface area contributed by atoms with Gasteiger partial charge in [-0.1, -0.05) is 58.2 Å². The van der Waals surface area contributed by atoms with Crippen LogP contribution < -0.4 is 21.3 Å². The molecule has 4 fully saturated rings. The van der Waals surface area contributed by atoms with Crippen LogP contribution in [0.2, 0.25) is 15.5 Å². The van der Waals surface area contributed by atoms with E-state index in [9.17, 15) is 38.7 Å². The van der Waals surface area contributed by atoms with Gasteiger partial charge in [-0.25, -0.2) is 15.0 Å². The first kappa shape index (κ1) is 61.2. The van der Waals surface area contributed by atoms with E-state index in [1.165, 1.54) is 5.56 Å². The predicted octanol–water partition coefficient (Wildman–Crippen LogP) is 5.90. The Morgan fingerprint density at radius 1 is 0.561 bits per heavy atom. The number of aliphatic hydroxyl groups is 2. The molecule has 436 valence electrons. The summed E-state index contributed by atoms with van der Waals surface area (Å²) in [5, 5.41) is 31.2. The minimum absolute atomic E-state index is 0. The number of aliphatic hydroxyl groups excluding tert-OH is 2. The van der Waals surface area contributed by atoms with Gasteiger partial charge in [0.15, 0.2) is 5.78 Å². The van der Waals surface area contributed by atoms with Crippen LogP contribution in [0.15, 0.2) is 36.8 Å². The van der Waals surface area contributed by atoms with Crippen molar-refractivity contribution in [3.05, 3.63) is 108 Å². The second-order valence-corrected chi connectivity index (χ2v) is 24.7. The number of pyridine rings is 3. The van der Waals surface area contributed by atoms with Gasteiger partial charge in [-0.05, 0) is 84.5 Å². The first-order valence-corrected chi connectivity index (χ1v) is 29.2. The highest BCUT2D eigenvalue weighted by atomic mass is 79.9. The lowest BCUT2D eigenvalue weighted by Crippen LogP contribution is -2.65. The highest BCUT2D eigenvalue weighted by Crippen LogP contribution is 2.42. The van der Waals surface area contributed by atoms with Crippen LogP contribution >= 0.6 is 73.9 Å². The third-order valence-corrected chi connectivity index (χ3v) is 18.3. The van der Waals surface area contributed by atoms with Crippen LogP contribution in [0.1, 0.15) is 110 Å². The second kappa shape index (κ2) is 24.7. The molecule has 0 saturated carbocycles. The van der Waals surface area contributed by atoms with E-state index < -0.39 is 11.1 Å². The monoisotopic (exact) mass is 1290 g/mol. The molecule has 0 bridgehead atoms. The van der Waals surface area contributed by atoms with Crippen LogP contribution in [-0.2, 0) is 73.6 Å². The first-order chi connectivity index (χ1) is 38.7. The van der Waals surface area contributed by atoms with Gasteiger partial charge < -0.3 is 50.9 Å². The average molecular weight is 1290 g/mol. The van der Waals surface area contributed by atoms with Gasteiger partial charge in [0.2, 0.25) is 11.8 Å². The lowest BCUT2D eigenvalue weighted by atomic mass is 9.83. The van der Waals surface area contributed by atoms with Crippen LogP contribution in [0.3, 0.4) is 0 Å². The van der Waals surface area contributed by atoms with Gasteiger partial charge in [0, 0.05) is 84.1 Å². The zero-order valence-corrected chi connectivity index (χ0v) is 48.7. The molecule has 6 aliphatic heterocycles. The van der Waals surface area contributed by atoms with E-state index in [0.717, 1.165) is 107 Å². The Balaban J connectivity index is 0.000000128. The van der Waals surface area contributed by atoms with Crippen molar-refractivity contribution in [1.29, 1.82) is 0 Å². The minimum Gasteiger partial charge on any atom is -0.394 e. The normalized spacial score (nSPS) is 23.3. The van der Waals surface area contributed by atoms with E-state index in [1.54, 1.807) is 18.5 Å². The van der Waals surface area contributed by atoms with E-state index in [1.807, 2.05) is 18.3 Å². The fourth-order valence-electron chi connectivity index (χ4n) is 11.6. The molecular formula is C56H59BrCl5N9O11. The topological polar surface area (TPSA) is 297 Å². The summed E-state index contributed by atoms with van der Waals surface area (Å²) < 4.78 is 10.2. The number of H-pyrrole nitrogens is 2. The van der Waals surface area contributed by atoms with Gasteiger partial charge in [0.05, 0.1) is 102 Å². The lowest BCUT2D eigenvalue weighted by molar-refractivity contribution is -0.148. The number of fused-ring (bicyclic) bond motifs is 11. The standard InChI is InChI=1S/C16H15Cl2N3O2.C16H14ClN3O2.C9H7BrClNO.C7H10ClNO3.C7H9NO3.CH4/c17-6-16(7-22)4-11-13(15(23)21-16)9-2-1-8-5-19-12(18)3-10(8)14(9)20-11;17-12-3-10-8(5-18-12)1-2-9-13-11(19-14(9)10)4-16(6-22-7-16)20-15(13)21;10-7-2-1-5-4-12-8(11)3-6(5)9(7)13;8-3-7(4-10)2-5(11)1-6(12)9-7;9-5-1-6(10)8-7(2-5)3-11-4-7;/h3,5,20,22H,1-2,4,6-7H2,(H,21,23);3,5,19H,1-2,4,6-7H2,(H,20,21);3-4,7H,1-2H2;10H,1-4H2,(H,9,12);1-4H2,(H,8,10);1H4. The third kappa shape index (κ3) is 12.4. The Morgan fingerprint density at radius 2 is 1.00 bits per heavy atom. The summed E-state index contributed by atoms with van der Waals surface area (Å²) in [7, 11) is 0. The first-order valence-electron chi connectivity index (χ1n) is 26.1. The summed E-state index contributed by atoms with van der Waals surface area (Å²) in [6.07, 6.45) is 12.2. The molecule has 8 N–H and O–H groups in total. The summed E-state index contributed by atoms with van der Waals surface area (Å²) >= 11 is 32.7. The van der Waals surface area contributed by atoms with Gasteiger partial charge >= 0.3 is 0 Å². The van der Waals surface area contributed by atoms with Crippen molar-refractivity contribution < 1.29 is 53.2 Å². The second-order valence-electron chi connectivity index (χ2n) is 21.9. The molecule has 11 heterocycles. The third-order valence-electron chi connectivity index (χ3n) is 15.7. The Labute approximate surface area is 504 Å². The smallest absolute Gasteiger partial charge is 0.254 e. The van der Waals surface area contributed by atoms with Crippen molar-refractivity contribution in [1.82, 2.24) is 46.2 Å². The molecule has 4 amide bonds. The van der Waals surface area contributed by atoms with Crippen molar-refractivity contribution >= 4 is 115 Å². The minimum atomic E-state index is -0.923. The number of hydrogen-bond acceptors (Lipinski definition) is 14. The maximum absolute atomic E-state index is 12.6. The summed E-state index contributed by atoms with van der Waals surface area (Å²) in [5.74, 6) is -0.500. The number of Topliss-reactive ketones (excluding diaryl/α,β-unsaturated/α-hetero) is 3. The number of nitrogens with zero attached hydrogens (tertiary/aromatic N) is 3. The molecule has 14 rings (SSSR count). The molecule has 0 radical (unpaired) electrons. The number of carbonyl (C=O) groups is 7. The number of piperidine rings is 2. The van der Waals surface area contributed by atoms with E-state index in [-0.39, 0.29) is 109 Å². The molecule has 4 saturated heterocycles. The molecule has 2 spiro atoms. The quantitative estimate of drug-likeness (QED) is 0.0591. The Bertz CT molecular complexity index is 3360. The van der Waals surface area contributed by atoms with Crippen LogP contribution in [0, 0.1) is 0 Å². The van der Waals surface area contributed by atoms with Crippen molar-refractivity contribution in [2.24, 2.45) is 0 Å². The lowest BCUT2D eigenvalue weighted by Gasteiger charge is -2.44. The molecule has 9 aliphatic rings. The van der Waals surface area contributed by atoms with Crippen molar-refractivity contribution in [2.75, 3.05) is 51.4 Å². The number of aryl methyl sites for hydroxylation is 3. The molecular weight excluding hydrogens is 1230 g/mol. The molecule has 5 aromatic heterocycles. The maximum Gasteiger partial charge on any atom is 0.254 e. The molecule has 0 aromatic carbocycles. The number of halogens is 6. The molecule has 20 nitrogen and oxygen atoms in total. The number of alkyl halides is 3. The number of carbonyl (C=O) groups excluding carboxylic acids is 7. The Morgan fingerprint density at radius 3 is 1.46 bits per heavy atom. The number of aromatic amines is 2. The fourth-order valence-corrected chi connectivity index (χ4v) is 13.0. The van der Waals surface area contributed by atoms with E-state index in [2.05, 4.69) is 62.1 Å². The van der Waals surface area contributed by atoms with Gasteiger partial charge in [-0.3, -0.25) is 33.6 Å². The van der Waals surface area contributed by atoms with Crippen molar-refractivity contribution in [2.45, 2.75) is 111 Å². The predicted molar refractivity (Wildman–Crippen MR) is 310 cm³/mol. The summed E-state index contributed by atoms with van der Waals surface area (Å²) in [5.41, 5.74) is 11.3. The number of rotatable bonds is 4. The van der Waals surface area contributed by atoms with Crippen LogP contribution in [0.5, 0.6) is 0 Å².